The van der Waals surface area contributed by atoms with Gasteiger partial charge in [-0.2, -0.15) is 0 Å². The van der Waals surface area contributed by atoms with Crippen molar-refractivity contribution < 1.29 is 19.1 Å². The summed E-state index contributed by atoms with van der Waals surface area (Å²) in [6.07, 6.45) is 1.00. The molecule has 1 aliphatic heterocycles. The molecule has 0 saturated carbocycles. The van der Waals surface area contributed by atoms with Crippen molar-refractivity contribution in [2.45, 2.75) is 40.2 Å². The van der Waals surface area contributed by atoms with Crippen LogP contribution in [0.2, 0.25) is 0 Å². The molecule has 0 radical (unpaired) electrons. The maximum absolute atomic E-state index is 11.9. The van der Waals surface area contributed by atoms with Crippen LogP contribution < -0.4 is 20.1 Å². The number of benzene rings is 1. The van der Waals surface area contributed by atoms with E-state index in [1.54, 1.807) is 0 Å². The highest BCUT2D eigenvalue weighted by Gasteiger charge is 2.20. The zero-order valence-electron chi connectivity index (χ0n) is 14.6. The van der Waals surface area contributed by atoms with Crippen molar-refractivity contribution in [2.75, 3.05) is 19.8 Å². The Bertz CT molecular complexity index is 593. The summed E-state index contributed by atoms with van der Waals surface area (Å²) >= 11 is 0. The van der Waals surface area contributed by atoms with E-state index in [9.17, 15) is 9.59 Å². The van der Waals surface area contributed by atoms with Gasteiger partial charge in [0, 0.05) is 24.9 Å². The number of carbonyl (C=O) groups excluding carboxylic acids is 2. The van der Waals surface area contributed by atoms with Gasteiger partial charge in [-0.05, 0) is 24.1 Å². The molecular formula is C18H26N2O4. The van der Waals surface area contributed by atoms with Crippen LogP contribution in [0, 0.1) is 5.41 Å². The number of hydrogen-bond acceptors (Lipinski definition) is 4. The van der Waals surface area contributed by atoms with Crippen molar-refractivity contribution in [1.82, 2.24) is 10.6 Å². The third kappa shape index (κ3) is 5.44. The molecule has 0 spiro atoms. The van der Waals surface area contributed by atoms with Crippen LogP contribution in [0.25, 0.3) is 0 Å². The van der Waals surface area contributed by atoms with Gasteiger partial charge in [-0.25, -0.2) is 0 Å². The molecule has 1 aliphatic rings. The Balaban J connectivity index is 1.67. The molecule has 0 bridgehead atoms. The van der Waals surface area contributed by atoms with Gasteiger partial charge in [-0.1, -0.05) is 26.8 Å². The van der Waals surface area contributed by atoms with E-state index in [2.05, 4.69) is 10.6 Å². The van der Waals surface area contributed by atoms with Crippen LogP contribution in [0.4, 0.5) is 0 Å². The predicted molar refractivity (Wildman–Crippen MR) is 91.0 cm³/mol. The number of nitrogens with one attached hydrogen (secondary N) is 2. The summed E-state index contributed by atoms with van der Waals surface area (Å²) in [5.41, 5.74) is 0.564. The normalized spacial score (nSPS) is 13.3. The second-order valence-electron chi connectivity index (χ2n) is 6.86. The Hall–Kier alpha value is -2.24. The van der Waals surface area contributed by atoms with E-state index in [1.165, 1.54) is 0 Å². The van der Waals surface area contributed by atoms with Gasteiger partial charge >= 0.3 is 0 Å². The summed E-state index contributed by atoms with van der Waals surface area (Å²) in [6.45, 7) is 7.66. The molecule has 0 aromatic heterocycles. The Morgan fingerprint density at radius 3 is 2.50 bits per heavy atom. The summed E-state index contributed by atoms with van der Waals surface area (Å²) in [6, 6.07) is 5.66. The van der Waals surface area contributed by atoms with Gasteiger partial charge in [0.15, 0.2) is 11.5 Å². The van der Waals surface area contributed by atoms with Crippen molar-refractivity contribution in [1.29, 1.82) is 0 Å². The molecule has 0 aliphatic carbocycles. The van der Waals surface area contributed by atoms with E-state index in [0.29, 0.717) is 39.1 Å². The minimum Gasteiger partial charge on any atom is -0.486 e. The number of ether oxygens (including phenoxy) is 2. The van der Waals surface area contributed by atoms with E-state index >= 15 is 0 Å². The Morgan fingerprint density at radius 1 is 1.08 bits per heavy atom. The van der Waals surface area contributed by atoms with Crippen LogP contribution in [0.15, 0.2) is 18.2 Å². The second-order valence-corrected chi connectivity index (χ2v) is 6.86. The van der Waals surface area contributed by atoms with Gasteiger partial charge in [0.05, 0.1) is 0 Å². The third-order valence-electron chi connectivity index (χ3n) is 3.64. The zero-order chi connectivity index (χ0) is 17.6. The molecule has 132 valence electrons. The minimum atomic E-state index is -0.402. The molecule has 2 rings (SSSR count). The Labute approximate surface area is 142 Å². The van der Waals surface area contributed by atoms with E-state index in [0.717, 1.165) is 17.1 Å². The third-order valence-corrected chi connectivity index (χ3v) is 3.64. The number of carbonyl (C=O) groups is 2. The highest BCUT2D eigenvalue weighted by Crippen LogP contribution is 2.30. The highest BCUT2D eigenvalue weighted by atomic mass is 16.6. The summed E-state index contributed by atoms with van der Waals surface area (Å²) in [4.78, 5) is 23.6. The molecule has 24 heavy (non-hydrogen) atoms. The van der Waals surface area contributed by atoms with Crippen molar-refractivity contribution in [3.8, 4) is 11.5 Å². The lowest BCUT2D eigenvalue weighted by Gasteiger charge is -2.19. The van der Waals surface area contributed by atoms with Gasteiger partial charge in [-0.3, -0.25) is 9.59 Å². The summed E-state index contributed by atoms with van der Waals surface area (Å²) in [5, 5.41) is 5.71. The SMILES string of the molecule is CC(C)(C)C(=O)NCCCC(=O)NCc1ccc2c(c1)OCCO2. The van der Waals surface area contributed by atoms with Gasteiger partial charge in [0.2, 0.25) is 11.8 Å². The molecule has 1 aromatic carbocycles. The molecular weight excluding hydrogens is 308 g/mol. The number of amides is 2. The molecule has 1 aromatic rings. The summed E-state index contributed by atoms with van der Waals surface area (Å²) in [5.74, 6) is 1.43. The maximum Gasteiger partial charge on any atom is 0.225 e. The van der Waals surface area contributed by atoms with Crippen LogP contribution in [-0.4, -0.2) is 31.6 Å². The van der Waals surface area contributed by atoms with Crippen molar-refractivity contribution in [3.05, 3.63) is 23.8 Å². The summed E-state index contributed by atoms with van der Waals surface area (Å²) in [7, 11) is 0. The second kappa shape index (κ2) is 8.04. The van der Waals surface area contributed by atoms with Gasteiger partial charge in [-0.15, -0.1) is 0 Å². The fourth-order valence-corrected chi connectivity index (χ4v) is 2.20. The van der Waals surface area contributed by atoms with Crippen molar-refractivity contribution >= 4 is 11.8 Å². The highest BCUT2D eigenvalue weighted by molar-refractivity contribution is 5.81. The van der Waals surface area contributed by atoms with Gasteiger partial charge in [0.1, 0.15) is 13.2 Å². The minimum absolute atomic E-state index is 0.000753. The lowest BCUT2D eigenvalue weighted by Crippen LogP contribution is -2.35. The standard InChI is InChI=1S/C18H26N2O4/c1-18(2,3)17(22)19-8-4-5-16(21)20-12-13-6-7-14-15(11-13)24-10-9-23-14/h6-7,11H,4-5,8-10,12H2,1-3H3,(H,19,22)(H,20,21). The van der Waals surface area contributed by atoms with Crippen molar-refractivity contribution in [2.24, 2.45) is 5.41 Å². The molecule has 1 heterocycles. The first-order valence-electron chi connectivity index (χ1n) is 8.30. The number of fused-ring (bicyclic) bond motifs is 1. The Kier molecular flexibility index (Phi) is 6.06. The molecule has 6 nitrogen and oxygen atoms in total. The van der Waals surface area contributed by atoms with Gasteiger partial charge in [0.25, 0.3) is 0 Å². The molecule has 0 atom stereocenters. The van der Waals surface area contributed by atoms with Crippen molar-refractivity contribution in [3.63, 3.8) is 0 Å². The van der Waals surface area contributed by atoms with E-state index < -0.39 is 5.41 Å². The smallest absolute Gasteiger partial charge is 0.225 e. The quantitative estimate of drug-likeness (QED) is 0.780. The first-order valence-corrected chi connectivity index (χ1v) is 8.30. The first-order chi connectivity index (χ1) is 11.4. The first kappa shape index (κ1) is 18.1. The molecule has 0 fully saturated rings. The Morgan fingerprint density at radius 2 is 1.79 bits per heavy atom. The van der Waals surface area contributed by atoms with Crippen LogP contribution in [0.5, 0.6) is 11.5 Å². The predicted octanol–water partition coefficient (Wildman–Crippen LogP) is 2.02. The zero-order valence-corrected chi connectivity index (χ0v) is 14.6. The molecule has 0 unspecified atom stereocenters. The summed E-state index contributed by atoms with van der Waals surface area (Å²) < 4.78 is 11.0. The van der Waals surface area contributed by atoms with Gasteiger partial charge < -0.3 is 20.1 Å². The average Bonchev–Trinajstić information content (AvgIpc) is 2.55. The number of hydrogen-bond donors (Lipinski definition) is 2. The monoisotopic (exact) mass is 334 g/mol. The largest absolute Gasteiger partial charge is 0.486 e. The van der Waals surface area contributed by atoms with Crippen LogP contribution in [-0.2, 0) is 16.1 Å². The molecule has 6 heteroatoms. The molecule has 0 saturated heterocycles. The number of rotatable bonds is 6. The van der Waals surface area contributed by atoms with Crippen LogP contribution >= 0.6 is 0 Å². The molecule has 2 N–H and O–H groups in total. The van der Waals surface area contributed by atoms with E-state index in [1.807, 2.05) is 39.0 Å². The lowest BCUT2D eigenvalue weighted by atomic mass is 9.96. The average molecular weight is 334 g/mol. The fraction of sp³-hybridized carbons (Fsp3) is 0.556. The van der Waals surface area contributed by atoms with E-state index in [4.69, 9.17) is 9.47 Å². The fourth-order valence-electron chi connectivity index (χ4n) is 2.20. The topological polar surface area (TPSA) is 76.7 Å². The maximum atomic E-state index is 11.9. The lowest BCUT2D eigenvalue weighted by molar-refractivity contribution is -0.128. The van der Waals surface area contributed by atoms with Crippen LogP contribution in [0.1, 0.15) is 39.2 Å². The van der Waals surface area contributed by atoms with E-state index in [-0.39, 0.29) is 11.8 Å². The molecule has 2 amide bonds. The van der Waals surface area contributed by atoms with Crippen LogP contribution in [0.3, 0.4) is 0 Å².